The van der Waals surface area contributed by atoms with E-state index in [1.165, 1.54) is 18.2 Å². The topological polar surface area (TPSA) is 154 Å². The summed E-state index contributed by atoms with van der Waals surface area (Å²) in [5, 5.41) is 26.1. The van der Waals surface area contributed by atoms with Crippen LogP contribution in [0.15, 0.2) is 42.1 Å². The van der Waals surface area contributed by atoms with Crippen molar-refractivity contribution in [1.29, 1.82) is 5.41 Å². The van der Waals surface area contributed by atoms with E-state index in [-0.39, 0.29) is 41.0 Å². The Hall–Kier alpha value is -3.62. The van der Waals surface area contributed by atoms with Crippen LogP contribution in [0.25, 0.3) is 0 Å². The van der Waals surface area contributed by atoms with E-state index in [4.69, 9.17) is 21.0 Å². The van der Waals surface area contributed by atoms with Gasteiger partial charge in [0.15, 0.2) is 18.2 Å². The third-order valence-corrected chi connectivity index (χ3v) is 4.60. The molecule has 1 heterocycles. The number of nitrogens with two attached hydrogens (primary N) is 1. The summed E-state index contributed by atoms with van der Waals surface area (Å²) in [6.07, 6.45) is 5.05. The van der Waals surface area contributed by atoms with Gasteiger partial charge in [0.25, 0.3) is 0 Å². The van der Waals surface area contributed by atoms with Crippen molar-refractivity contribution >= 4 is 23.4 Å². The van der Waals surface area contributed by atoms with Gasteiger partial charge in [-0.05, 0) is 17.7 Å². The molecule has 0 aromatic heterocycles. The van der Waals surface area contributed by atoms with Crippen molar-refractivity contribution < 1.29 is 29.3 Å². The highest BCUT2D eigenvalue weighted by Crippen LogP contribution is 2.31. The molecule has 5 N–H and O–H groups in total. The molecule has 1 aliphatic heterocycles. The second-order valence-corrected chi connectivity index (χ2v) is 6.59. The fourth-order valence-corrected chi connectivity index (χ4v) is 3.24. The SMILES string of the molecule is N=C(N)C1C=CC2=CN(CC(=O)c3ccc(OCC(=O)O)cc3O)CC2C1=O. The van der Waals surface area contributed by atoms with Gasteiger partial charge in [0.2, 0.25) is 0 Å². The van der Waals surface area contributed by atoms with E-state index in [9.17, 15) is 19.5 Å². The number of carboxylic acid groups (broad SMARTS) is 1. The van der Waals surface area contributed by atoms with Gasteiger partial charge in [-0.15, -0.1) is 0 Å². The molecule has 9 heteroatoms. The third kappa shape index (κ3) is 3.88. The first-order valence-electron chi connectivity index (χ1n) is 8.48. The van der Waals surface area contributed by atoms with E-state index in [2.05, 4.69) is 0 Å². The van der Waals surface area contributed by atoms with Gasteiger partial charge in [-0.1, -0.05) is 12.2 Å². The fourth-order valence-electron chi connectivity index (χ4n) is 3.24. The van der Waals surface area contributed by atoms with E-state index in [1.807, 2.05) is 0 Å². The summed E-state index contributed by atoms with van der Waals surface area (Å²) < 4.78 is 4.96. The van der Waals surface area contributed by atoms with Crippen molar-refractivity contribution in [2.45, 2.75) is 0 Å². The molecule has 0 saturated carbocycles. The maximum absolute atomic E-state index is 12.5. The van der Waals surface area contributed by atoms with Gasteiger partial charge < -0.3 is 25.6 Å². The van der Waals surface area contributed by atoms with Gasteiger partial charge in [-0.2, -0.15) is 0 Å². The maximum atomic E-state index is 12.5. The number of hydrogen-bond donors (Lipinski definition) is 4. The van der Waals surface area contributed by atoms with Crippen molar-refractivity contribution in [1.82, 2.24) is 4.90 Å². The molecule has 0 amide bonds. The van der Waals surface area contributed by atoms with E-state index >= 15 is 0 Å². The van der Waals surface area contributed by atoms with Crippen LogP contribution >= 0.6 is 0 Å². The zero-order valence-corrected chi connectivity index (χ0v) is 14.8. The number of nitrogens with zero attached hydrogens (tertiary/aromatic N) is 1. The Labute approximate surface area is 160 Å². The number of phenolic OH excluding ortho intramolecular Hbond substituents is 1. The smallest absolute Gasteiger partial charge is 0.341 e. The van der Waals surface area contributed by atoms with Crippen LogP contribution in [0.4, 0.5) is 0 Å². The van der Waals surface area contributed by atoms with Crippen LogP contribution in [0.2, 0.25) is 0 Å². The number of rotatable bonds is 7. The molecule has 9 nitrogen and oxygen atoms in total. The Morgan fingerprint density at radius 3 is 2.75 bits per heavy atom. The van der Waals surface area contributed by atoms with E-state index in [0.29, 0.717) is 6.54 Å². The molecular formula is C19H19N3O6. The average molecular weight is 385 g/mol. The minimum absolute atomic E-state index is 0.0469. The zero-order chi connectivity index (χ0) is 20.4. The molecule has 146 valence electrons. The van der Waals surface area contributed by atoms with Crippen LogP contribution in [0.5, 0.6) is 11.5 Å². The van der Waals surface area contributed by atoms with Crippen LogP contribution in [0.1, 0.15) is 10.4 Å². The first-order valence-corrected chi connectivity index (χ1v) is 8.48. The number of benzene rings is 1. The summed E-state index contributed by atoms with van der Waals surface area (Å²) in [7, 11) is 0. The largest absolute Gasteiger partial charge is 0.507 e. The zero-order valence-electron chi connectivity index (χ0n) is 14.8. The molecule has 0 saturated heterocycles. The number of ether oxygens (including phenoxy) is 1. The van der Waals surface area contributed by atoms with Crippen LogP contribution in [-0.4, -0.2) is 58.2 Å². The molecule has 2 unspecified atom stereocenters. The number of aliphatic carboxylic acids is 1. The van der Waals surface area contributed by atoms with Gasteiger partial charge in [0.1, 0.15) is 17.3 Å². The Morgan fingerprint density at radius 2 is 2.11 bits per heavy atom. The fraction of sp³-hybridized carbons (Fsp3) is 0.263. The highest BCUT2D eigenvalue weighted by molar-refractivity contribution is 6.07. The number of ketones is 2. The minimum Gasteiger partial charge on any atom is -0.507 e. The number of nitrogens with one attached hydrogen (secondary N) is 1. The predicted octanol–water partition coefficient (Wildman–Crippen LogP) is 0.545. The number of carbonyl (C=O) groups excluding carboxylic acids is 2. The number of hydrogen-bond acceptors (Lipinski definition) is 7. The highest BCUT2D eigenvalue weighted by atomic mass is 16.5. The number of amidine groups is 1. The standard InChI is InChI=1S/C19H19N3O6/c20-19(21)13-3-1-10-6-22(7-14(10)18(13)27)8-16(24)12-4-2-11(5-15(12)23)28-9-17(25)26/h1-6,13-14,23H,7-9H2,(H3,20,21)(H,25,26). The average Bonchev–Trinajstić information content (AvgIpc) is 3.03. The lowest BCUT2D eigenvalue weighted by Crippen LogP contribution is -2.37. The molecule has 1 aliphatic carbocycles. The lowest BCUT2D eigenvalue weighted by Gasteiger charge is -2.22. The van der Waals surface area contributed by atoms with Crippen LogP contribution in [-0.2, 0) is 9.59 Å². The Balaban J connectivity index is 1.66. The second-order valence-electron chi connectivity index (χ2n) is 6.59. The summed E-state index contributed by atoms with van der Waals surface area (Å²) in [6.45, 7) is -0.304. The van der Waals surface area contributed by atoms with Gasteiger partial charge in [0.05, 0.1) is 23.9 Å². The van der Waals surface area contributed by atoms with Crippen molar-refractivity contribution in [3.05, 3.63) is 47.7 Å². The van der Waals surface area contributed by atoms with E-state index in [0.717, 1.165) is 5.57 Å². The predicted molar refractivity (Wildman–Crippen MR) is 98.3 cm³/mol. The minimum atomic E-state index is -1.15. The van der Waals surface area contributed by atoms with Crippen molar-refractivity contribution in [2.75, 3.05) is 19.7 Å². The Kier molecular flexibility index (Phi) is 5.16. The number of carboxylic acids is 1. The second kappa shape index (κ2) is 7.55. The molecule has 0 bridgehead atoms. The summed E-state index contributed by atoms with van der Waals surface area (Å²) >= 11 is 0. The normalized spacial score (nSPS) is 20.5. The highest BCUT2D eigenvalue weighted by Gasteiger charge is 2.37. The molecular weight excluding hydrogens is 366 g/mol. The summed E-state index contributed by atoms with van der Waals surface area (Å²) in [6, 6.07) is 3.95. The molecule has 0 spiro atoms. The lowest BCUT2D eigenvalue weighted by atomic mass is 9.83. The molecule has 2 aliphatic rings. The lowest BCUT2D eigenvalue weighted by molar-refractivity contribution is -0.139. The number of allylic oxidation sites excluding steroid dienone is 1. The van der Waals surface area contributed by atoms with Gasteiger partial charge >= 0.3 is 5.97 Å². The molecule has 3 rings (SSSR count). The summed E-state index contributed by atoms with van der Waals surface area (Å²) in [4.78, 5) is 37.2. The third-order valence-electron chi connectivity index (χ3n) is 4.60. The summed E-state index contributed by atoms with van der Waals surface area (Å²) in [5.41, 5.74) is 6.28. The summed E-state index contributed by atoms with van der Waals surface area (Å²) in [5.74, 6) is -3.24. The number of aromatic hydroxyl groups is 1. The van der Waals surface area contributed by atoms with Crippen molar-refractivity contribution in [3.63, 3.8) is 0 Å². The number of fused-ring (bicyclic) bond motifs is 1. The Bertz CT molecular complexity index is 920. The van der Waals surface area contributed by atoms with E-state index < -0.39 is 24.4 Å². The monoisotopic (exact) mass is 385 g/mol. The van der Waals surface area contributed by atoms with Crippen LogP contribution < -0.4 is 10.5 Å². The molecule has 0 radical (unpaired) electrons. The molecule has 2 atom stereocenters. The molecule has 1 aromatic carbocycles. The van der Waals surface area contributed by atoms with Crippen LogP contribution in [0.3, 0.4) is 0 Å². The first-order chi connectivity index (χ1) is 13.3. The van der Waals surface area contributed by atoms with Gasteiger partial charge in [0, 0.05) is 18.8 Å². The number of Topliss-reactive ketones (excluding diaryl/α,β-unsaturated/α-hetero) is 2. The van der Waals surface area contributed by atoms with Crippen LogP contribution in [0, 0.1) is 17.2 Å². The first kappa shape index (κ1) is 19.2. The van der Waals surface area contributed by atoms with E-state index in [1.54, 1.807) is 23.3 Å². The van der Waals surface area contributed by atoms with Gasteiger partial charge in [-0.25, -0.2) is 4.79 Å². The number of carbonyl (C=O) groups is 3. The molecule has 0 fully saturated rings. The molecule has 28 heavy (non-hydrogen) atoms. The number of phenols is 1. The van der Waals surface area contributed by atoms with Crippen molar-refractivity contribution in [2.24, 2.45) is 17.6 Å². The van der Waals surface area contributed by atoms with Crippen molar-refractivity contribution in [3.8, 4) is 11.5 Å². The van der Waals surface area contributed by atoms with Gasteiger partial charge in [-0.3, -0.25) is 15.0 Å². The Morgan fingerprint density at radius 1 is 1.36 bits per heavy atom. The molecule has 1 aromatic rings. The maximum Gasteiger partial charge on any atom is 0.341 e. The quantitative estimate of drug-likeness (QED) is 0.301.